The lowest BCUT2D eigenvalue weighted by atomic mass is 9.77. The Kier molecular flexibility index (Phi) is 8.63. The summed E-state index contributed by atoms with van der Waals surface area (Å²) in [5.41, 5.74) is 0. The average molecular weight is 456 g/mol. The molecule has 174 valence electrons. The first-order valence-electron chi connectivity index (χ1n) is 11.1. The number of aliphatic hydroxyl groups excluding tert-OH is 1. The van der Waals surface area contributed by atoms with Crippen LogP contribution in [0.2, 0.25) is 36.3 Å². The van der Waals surface area contributed by atoms with Gasteiger partial charge in [-0.2, -0.15) is 0 Å². The van der Waals surface area contributed by atoms with Crippen LogP contribution in [0.25, 0.3) is 0 Å². The van der Waals surface area contributed by atoms with Crippen LogP contribution < -0.4 is 5.32 Å². The molecule has 5 nitrogen and oxygen atoms in total. The van der Waals surface area contributed by atoms with E-state index in [0.29, 0.717) is 0 Å². The second kappa shape index (κ2) is 9.45. The smallest absolute Gasteiger partial charge is 0.228 e. The van der Waals surface area contributed by atoms with Gasteiger partial charge in [-0.05, 0) is 43.2 Å². The lowest BCUT2D eigenvalue weighted by molar-refractivity contribution is -0.143. The van der Waals surface area contributed by atoms with E-state index in [4.69, 9.17) is 8.85 Å². The number of β-lactam (4-membered cyclic amide) rings is 1. The van der Waals surface area contributed by atoms with Crippen molar-refractivity contribution >= 4 is 22.5 Å². The summed E-state index contributed by atoms with van der Waals surface area (Å²) in [7, 11) is -4.05. The number of aliphatic hydroxyl groups is 1. The molecular formula is C23H45NO4Si2. The number of hydrogen-bond acceptors (Lipinski definition) is 4. The van der Waals surface area contributed by atoms with Gasteiger partial charge in [-0.3, -0.25) is 4.79 Å². The van der Waals surface area contributed by atoms with Crippen molar-refractivity contribution in [3.8, 4) is 11.8 Å². The molecule has 1 aliphatic heterocycles. The van der Waals surface area contributed by atoms with Crippen molar-refractivity contribution in [3.05, 3.63) is 0 Å². The van der Waals surface area contributed by atoms with Gasteiger partial charge in [0.2, 0.25) is 5.91 Å². The van der Waals surface area contributed by atoms with Crippen LogP contribution in [-0.2, 0) is 13.6 Å². The van der Waals surface area contributed by atoms with Gasteiger partial charge in [0, 0.05) is 12.0 Å². The van der Waals surface area contributed by atoms with E-state index in [1.165, 1.54) is 0 Å². The lowest BCUT2D eigenvalue weighted by Gasteiger charge is -2.49. The Balaban J connectivity index is 3.07. The van der Waals surface area contributed by atoms with Crippen LogP contribution >= 0.6 is 0 Å². The van der Waals surface area contributed by atoms with Gasteiger partial charge < -0.3 is 19.3 Å². The summed E-state index contributed by atoms with van der Waals surface area (Å²) in [4.78, 5) is 12.5. The van der Waals surface area contributed by atoms with E-state index in [2.05, 4.69) is 91.8 Å². The molecule has 0 aliphatic carbocycles. The maximum absolute atomic E-state index is 12.5. The second-order valence-electron chi connectivity index (χ2n) is 11.8. The van der Waals surface area contributed by atoms with E-state index >= 15 is 0 Å². The Morgan fingerprint density at radius 1 is 1.00 bits per heavy atom. The Bertz CT molecular complexity index is 667. The van der Waals surface area contributed by atoms with Gasteiger partial charge >= 0.3 is 0 Å². The monoisotopic (exact) mass is 455 g/mol. The van der Waals surface area contributed by atoms with E-state index in [1.807, 2.05) is 6.92 Å². The zero-order valence-corrected chi connectivity index (χ0v) is 23.3. The van der Waals surface area contributed by atoms with Crippen molar-refractivity contribution in [2.45, 2.75) is 110 Å². The third-order valence-corrected chi connectivity index (χ3v) is 16.4. The van der Waals surface area contributed by atoms with Crippen molar-refractivity contribution in [1.82, 2.24) is 5.32 Å². The lowest BCUT2D eigenvalue weighted by Crippen LogP contribution is -2.67. The summed E-state index contributed by atoms with van der Waals surface area (Å²) < 4.78 is 13.2. The fraction of sp³-hybridized carbons (Fsp3) is 0.870. The van der Waals surface area contributed by atoms with Gasteiger partial charge in [0.15, 0.2) is 16.6 Å². The first kappa shape index (κ1) is 27.4. The van der Waals surface area contributed by atoms with E-state index in [0.717, 1.165) is 0 Å². The molecule has 1 heterocycles. The zero-order valence-electron chi connectivity index (χ0n) is 21.3. The molecule has 1 rings (SSSR count). The highest BCUT2D eigenvalue weighted by Gasteiger charge is 2.51. The molecular weight excluding hydrogens is 410 g/mol. The molecule has 1 amide bonds. The van der Waals surface area contributed by atoms with Crippen LogP contribution in [0.5, 0.6) is 0 Å². The molecule has 1 aliphatic rings. The summed E-state index contributed by atoms with van der Waals surface area (Å²) in [6.07, 6.45) is -0.502. The SMILES string of the molecule is C[C@@H](O[Si](C)(C)C(C)(C)C)[C@H]1C(=O)N[C@@H]1[C@@H](C)C(C#CCO)O[Si](C)(C)C(C)(C)C. The third-order valence-electron chi connectivity index (χ3n) is 7.39. The molecule has 0 bridgehead atoms. The summed E-state index contributed by atoms with van der Waals surface area (Å²) in [6.45, 7) is 26.0. The quantitative estimate of drug-likeness (QED) is 0.336. The minimum Gasteiger partial charge on any atom is -0.413 e. The summed E-state index contributed by atoms with van der Waals surface area (Å²) in [5, 5.41) is 12.5. The summed E-state index contributed by atoms with van der Waals surface area (Å²) >= 11 is 0. The van der Waals surface area contributed by atoms with Gasteiger partial charge in [0.25, 0.3) is 0 Å². The summed E-state index contributed by atoms with van der Waals surface area (Å²) in [6, 6.07) is -0.0555. The molecule has 0 spiro atoms. The summed E-state index contributed by atoms with van der Waals surface area (Å²) in [5.74, 6) is 5.73. The van der Waals surface area contributed by atoms with E-state index in [1.54, 1.807) is 0 Å². The number of carbonyl (C=O) groups excluding carboxylic acids is 1. The molecule has 5 atom stereocenters. The minimum absolute atomic E-state index is 0.00802. The van der Waals surface area contributed by atoms with Crippen LogP contribution in [0, 0.1) is 23.7 Å². The molecule has 1 unspecified atom stereocenters. The van der Waals surface area contributed by atoms with Gasteiger partial charge in [-0.25, -0.2) is 0 Å². The largest absolute Gasteiger partial charge is 0.413 e. The first-order valence-corrected chi connectivity index (χ1v) is 16.9. The molecule has 7 heteroatoms. The highest BCUT2D eigenvalue weighted by molar-refractivity contribution is 6.74. The maximum Gasteiger partial charge on any atom is 0.228 e. The van der Waals surface area contributed by atoms with E-state index in [9.17, 15) is 9.90 Å². The fourth-order valence-electron chi connectivity index (χ4n) is 3.19. The maximum atomic E-state index is 12.5. The Hall–Kier alpha value is -0.656. The van der Waals surface area contributed by atoms with Crippen molar-refractivity contribution < 1.29 is 18.8 Å². The van der Waals surface area contributed by atoms with Crippen LogP contribution in [0.4, 0.5) is 0 Å². The normalized spacial score (nSPS) is 23.6. The average Bonchev–Trinajstić information content (AvgIpc) is 2.52. The molecule has 2 N–H and O–H groups in total. The number of carbonyl (C=O) groups is 1. The standard InChI is InChI=1S/C23H45NO4Si2/c1-16(18(14-13-15-25)28-30(11,12)23(6,7)8)20-19(21(26)24-20)17(2)27-29(9,10)22(3,4)5/h16-20,25H,15H2,1-12H3,(H,24,26)/t16-,17+,18?,19+,20+/m0/s1. The predicted molar refractivity (Wildman–Crippen MR) is 129 cm³/mol. The molecule has 0 aromatic heterocycles. The van der Waals surface area contributed by atoms with Crippen molar-refractivity contribution in [2.75, 3.05) is 6.61 Å². The van der Waals surface area contributed by atoms with Gasteiger partial charge in [-0.15, -0.1) is 0 Å². The van der Waals surface area contributed by atoms with E-state index < -0.39 is 16.6 Å². The Morgan fingerprint density at radius 2 is 1.47 bits per heavy atom. The molecule has 0 aromatic carbocycles. The van der Waals surface area contributed by atoms with Crippen molar-refractivity contribution in [3.63, 3.8) is 0 Å². The number of amides is 1. The predicted octanol–water partition coefficient (Wildman–Crippen LogP) is 4.53. The molecule has 0 saturated carbocycles. The molecule has 30 heavy (non-hydrogen) atoms. The molecule has 1 fully saturated rings. The zero-order chi connectivity index (χ0) is 23.7. The van der Waals surface area contributed by atoms with Gasteiger partial charge in [-0.1, -0.05) is 60.3 Å². The fourth-order valence-corrected chi connectivity index (χ4v) is 5.88. The number of rotatable bonds is 7. The third kappa shape index (κ3) is 6.20. The minimum atomic E-state index is -2.07. The van der Waals surface area contributed by atoms with Gasteiger partial charge in [0.1, 0.15) is 12.7 Å². The first-order chi connectivity index (χ1) is 13.4. The van der Waals surface area contributed by atoms with Crippen LogP contribution in [0.1, 0.15) is 55.4 Å². The number of hydrogen-bond donors (Lipinski definition) is 2. The second-order valence-corrected chi connectivity index (χ2v) is 21.3. The topological polar surface area (TPSA) is 67.8 Å². The van der Waals surface area contributed by atoms with Crippen LogP contribution in [0.15, 0.2) is 0 Å². The molecule has 0 radical (unpaired) electrons. The highest BCUT2D eigenvalue weighted by Crippen LogP contribution is 2.41. The van der Waals surface area contributed by atoms with Crippen LogP contribution in [0.3, 0.4) is 0 Å². The van der Waals surface area contributed by atoms with Crippen molar-refractivity contribution in [2.24, 2.45) is 11.8 Å². The molecule has 0 aromatic rings. The Labute approximate surface area is 187 Å². The van der Waals surface area contributed by atoms with Gasteiger partial charge in [0.05, 0.1) is 12.0 Å². The number of nitrogens with one attached hydrogen (secondary N) is 1. The van der Waals surface area contributed by atoms with E-state index in [-0.39, 0.29) is 52.7 Å². The van der Waals surface area contributed by atoms with Crippen LogP contribution in [-0.4, -0.2) is 52.5 Å². The highest BCUT2D eigenvalue weighted by atomic mass is 28.4. The van der Waals surface area contributed by atoms with Crippen molar-refractivity contribution in [1.29, 1.82) is 0 Å². The molecule has 1 saturated heterocycles. The Morgan fingerprint density at radius 3 is 1.87 bits per heavy atom.